The van der Waals surface area contributed by atoms with Crippen LogP contribution in [-0.2, 0) is 11.2 Å². The zero-order valence-electron chi connectivity index (χ0n) is 7.26. The number of ether oxygens (including phenoxy) is 1. The van der Waals surface area contributed by atoms with Crippen LogP contribution in [0.15, 0.2) is 0 Å². The van der Waals surface area contributed by atoms with E-state index in [-0.39, 0.29) is 6.10 Å². The van der Waals surface area contributed by atoms with Crippen LogP contribution in [0.1, 0.15) is 19.2 Å². The average molecular weight is 187 g/mol. The van der Waals surface area contributed by atoms with Crippen molar-refractivity contribution in [3.05, 3.63) is 10.6 Å². The second-order valence-electron chi connectivity index (χ2n) is 2.70. The number of aryl methyl sites for hydroxylation is 1. The molecule has 0 fully saturated rings. The highest BCUT2D eigenvalue weighted by Gasteiger charge is 2.01. The van der Waals surface area contributed by atoms with E-state index < -0.39 is 0 Å². The number of rotatable bonds is 4. The molecule has 1 rings (SSSR count). The summed E-state index contributed by atoms with van der Waals surface area (Å²) in [5.74, 6) is 0.893. The van der Waals surface area contributed by atoms with Crippen molar-refractivity contribution >= 4 is 12.2 Å². The molecule has 0 saturated carbocycles. The van der Waals surface area contributed by atoms with Gasteiger partial charge in [0.25, 0.3) is 0 Å². The van der Waals surface area contributed by atoms with Gasteiger partial charge in [0, 0.05) is 13.5 Å². The molecule has 0 aliphatic carbocycles. The first-order valence-electron chi connectivity index (χ1n) is 3.88. The molecule has 0 aliphatic heterocycles. The van der Waals surface area contributed by atoms with E-state index in [1.54, 1.807) is 7.11 Å². The van der Waals surface area contributed by atoms with Crippen LogP contribution in [0.3, 0.4) is 0 Å². The maximum atomic E-state index is 5.10. The number of hydrogen-bond acceptors (Lipinski definition) is 3. The number of methoxy groups -OCH3 is 1. The minimum atomic E-state index is 0.267. The Morgan fingerprint density at radius 1 is 1.58 bits per heavy atom. The monoisotopic (exact) mass is 187 g/mol. The molecule has 0 radical (unpaired) electrons. The Morgan fingerprint density at radius 3 is 2.83 bits per heavy atom. The van der Waals surface area contributed by atoms with Gasteiger partial charge < -0.3 is 4.74 Å². The fourth-order valence-electron chi connectivity index (χ4n) is 0.880. The Bertz CT molecular complexity index is 280. The van der Waals surface area contributed by atoms with Crippen molar-refractivity contribution in [2.24, 2.45) is 0 Å². The summed E-state index contributed by atoms with van der Waals surface area (Å²) in [6.45, 7) is 2.03. The smallest absolute Gasteiger partial charge is 0.213 e. The second kappa shape index (κ2) is 4.37. The van der Waals surface area contributed by atoms with Crippen LogP contribution in [0.4, 0.5) is 0 Å². The molecule has 1 unspecified atom stereocenters. The molecular weight excluding hydrogens is 174 g/mol. The van der Waals surface area contributed by atoms with Crippen LogP contribution >= 0.6 is 12.2 Å². The molecule has 0 aliphatic rings. The molecule has 1 heterocycles. The van der Waals surface area contributed by atoms with Crippen molar-refractivity contribution in [3.63, 3.8) is 0 Å². The van der Waals surface area contributed by atoms with E-state index in [9.17, 15) is 0 Å². The van der Waals surface area contributed by atoms with Crippen LogP contribution in [0.2, 0.25) is 0 Å². The van der Waals surface area contributed by atoms with Gasteiger partial charge in [-0.25, -0.2) is 4.98 Å². The molecule has 12 heavy (non-hydrogen) atoms. The predicted molar refractivity (Wildman–Crippen MR) is 48.6 cm³/mol. The van der Waals surface area contributed by atoms with E-state index in [1.165, 1.54) is 0 Å². The van der Waals surface area contributed by atoms with E-state index in [2.05, 4.69) is 15.2 Å². The quantitative estimate of drug-likeness (QED) is 0.701. The van der Waals surface area contributed by atoms with E-state index in [4.69, 9.17) is 17.0 Å². The van der Waals surface area contributed by atoms with Crippen LogP contribution in [0.5, 0.6) is 0 Å². The second-order valence-corrected chi connectivity index (χ2v) is 3.09. The molecule has 1 atom stereocenters. The molecule has 2 N–H and O–H groups in total. The fourth-order valence-corrected chi connectivity index (χ4v) is 1.04. The Balaban J connectivity index is 2.38. The average Bonchev–Trinajstić information content (AvgIpc) is 2.47. The van der Waals surface area contributed by atoms with Gasteiger partial charge in [0.15, 0.2) is 0 Å². The fraction of sp³-hybridized carbons (Fsp3) is 0.714. The van der Waals surface area contributed by atoms with Crippen molar-refractivity contribution in [2.45, 2.75) is 25.9 Å². The number of nitrogens with zero attached hydrogens (tertiary/aromatic N) is 1. The third kappa shape index (κ3) is 2.75. The molecule has 5 heteroatoms. The number of nitrogens with one attached hydrogen (secondary N) is 2. The standard InChI is InChI=1S/C7H13N3OS/c1-5(11-2)3-4-6-8-7(12)10-9-6/h5H,3-4H2,1-2H3,(H2,8,9,10,12). The lowest BCUT2D eigenvalue weighted by atomic mass is 10.2. The highest BCUT2D eigenvalue weighted by Crippen LogP contribution is 2.00. The molecule has 4 nitrogen and oxygen atoms in total. The summed E-state index contributed by atoms with van der Waals surface area (Å²) in [7, 11) is 1.71. The van der Waals surface area contributed by atoms with Crippen LogP contribution in [0.25, 0.3) is 0 Å². The van der Waals surface area contributed by atoms with Gasteiger partial charge in [-0.1, -0.05) is 0 Å². The van der Waals surface area contributed by atoms with Crippen LogP contribution in [-0.4, -0.2) is 28.4 Å². The van der Waals surface area contributed by atoms with Crippen LogP contribution < -0.4 is 0 Å². The van der Waals surface area contributed by atoms with E-state index in [0.29, 0.717) is 4.77 Å². The molecular formula is C7H13N3OS. The predicted octanol–water partition coefficient (Wildman–Crippen LogP) is 1.43. The molecule has 1 aromatic rings. The van der Waals surface area contributed by atoms with Gasteiger partial charge in [-0.2, -0.15) is 0 Å². The maximum absolute atomic E-state index is 5.10. The SMILES string of the molecule is COC(C)CCc1nc(=S)[nH][nH]1. The summed E-state index contributed by atoms with van der Waals surface area (Å²) < 4.78 is 5.61. The Hall–Kier alpha value is -0.680. The lowest BCUT2D eigenvalue weighted by Crippen LogP contribution is -2.06. The summed E-state index contributed by atoms with van der Waals surface area (Å²) in [4.78, 5) is 4.07. The molecule has 1 aromatic heterocycles. The molecule has 0 amide bonds. The topological polar surface area (TPSA) is 53.7 Å². The number of aromatic nitrogens is 3. The van der Waals surface area contributed by atoms with E-state index >= 15 is 0 Å². The number of hydrogen-bond donors (Lipinski definition) is 2. The Morgan fingerprint density at radius 2 is 2.33 bits per heavy atom. The highest BCUT2D eigenvalue weighted by atomic mass is 32.1. The van der Waals surface area contributed by atoms with Gasteiger partial charge in [-0.3, -0.25) is 10.2 Å². The largest absolute Gasteiger partial charge is 0.382 e. The molecule has 68 valence electrons. The van der Waals surface area contributed by atoms with Crippen molar-refractivity contribution in [1.29, 1.82) is 0 Å². The molecule has 0 spiro atoms. The Labute approximate surface area is 76.3 Å². The summed E-state index contributed by atoms with van der Waals surface area (Å²) in [6, 6.07) is 0. The zero-order valence-corrected chi connectivity index (χ0v) is 8.07. The van der Waals surface area contributed by atoms with Crippen molar-refractivity contribution in [1.82, 2.24) is 15.2 Å². The minimum absolute atomic E-state index is 0.267. The highest BCUT2D eigenvalue weighted by molar-refractivity contribution is 7.71. The van der Waals surface area contributed by atoms with Gasteiger partial charge >= 0.3 is 0 Å². The van der Waals surface area contributed by atoms with Gasteiger partial charge in [-0.05, 0) is 25.6 Å². The summed E-state index contributed by atoms with van der Waals surface area (Å²) >= 11 is 4.81. The molecule has 0 bridgehead atoms. The van der Waals surface area contributed by atoms with E-state index in [0.717, 1.165) is 18.7 Å². The van der Waals surface area contributed by atoms with Gasteiger partial charge in [0.05, 0.1) is 6.10 Å². The first-order chi connectivity index (χ1) is 5.72. The van der Waals surface area contributed by atoms with Crippen LogP contribution in [0, 0.1) is 4.77 Å². The first kappa shape index (κ1) is 9.41. The third-order valence-electron chi connectivity index (χ3n) is 1.74. The Kier molecular flexibility index (Phi) is 3.43. The van der Waals surface area contributed by atoms with Gasteiger partial charge in [-0.15, -0.1) is 0 Å². The lowest BCUT2D eigenvalue weighted by Gasteiger charge is -2.06. The van der Waals surface area contributed by atoms with Crippen molar-refractivity contribution in [2.75, 3.05) is 7.11 Å². The van der Waals surface area contributed by atoms with Gasteiger partial charge in [0.1, 0.15) is 5.82 Å². The summed E-state index contributed by atoms with van der Waals surface area (Å²) in [5.41, 5.74) is 0. The lowest BCUT2D eigenvalue weighted by molar-refractivity contribution is 0.111. The first-order valence-corrected chi connectivity index (χ1v) is 4.29. The molecule has 0 saturated heterocycles. The zero-order chi connectivity index (χ0) is 8.97. The third-order valence-corrected chi connectivity index (χ3v) is 1.93. The maximum Gasteiger partial charge on any atom is 0.213 e. The summed E-state index contributed by atoms with van der Waals surface area (Å²) in [5, 5.41) is 5.64. The van der Waals surface area contributed by atoms with Crippen molar-refractivity contribution < 1.29 is 4.74 Å². The molecule has 0 aromatic carbocycles. The normalized spacial score (nSPS) is 13.2. The minimum Gasteiger partial charge on any atom is -0.382 e. The summed E-state index contributed by atoms with van der Waals surface area (Å²) in [6.07, 6.45) is 2.08. The number of aromatic amines is 2. The van der Waals surface area contributed by atoms with Crippen molar-refractivity contribution in [3.8, 4) is 0 Å². The number of H-pyrrole nitrogens is 2. The van der Waals surface area contributed by atoms with E-state index in [1.807, 2.05) is 6.92 Å². The van der Waals surface area contributed by atoms with Gasteiger partial charge in [0.2, 0.25) is 4.77 Å².